The smallest absolute Gasteiger partial charge is 0.255 e. The van der Waals surface area contributed by atoms with Crippen LogP contribution in [0.15, 0.2) is 72.9 Å². The van der Waals surface area contributed by atoms with Gasteiger partial charge in [0, 0.05) is 23.9 Å². The van der Waals surface area contributed by atoms with Gasteiger partial charge in [-0.25, -0.2) is 4.98 Å². The molecule has 0 unspecified atom stereocenters. The molecule has 1 amide bonds. The number of carbonyl (C=O) groups excluding carboxylic acids is 1. The summed E-state index contributed by atoms with van der Waals surface area (Å²) in [4.78, 5) is 21.6. The van der Waals surface area contributed by atoms with Gasteiger partial charge < -0.3 is 19.9 Å². The zero-order valence-corrected chi connectivity index (χ0v) is 17.7. The predicted molar refractivity (Wildman–Crippen MR) is 122 cm³/mol. The lowest BCUT2D eigenvalue weighted by Crippen LogP contribution is -2.25. The molecule has 6 nitrogen and oxygen atoms in total. The summed E-state index contributed by atoms with van der Waals surface area (Å²) in [6.45, 7) is 1.74. The van der Waals surface area contributed by atoms with Gasteiger partial charge in [-0.15, -0.1) is 0 Å². The first-order valence-electron chi connectivity index (χ1n) is 9.96. The molecule has 1 N–H and O–H groups in total. The average Bonchev–Trinajstić information content (AvgIpc) is 2.78. The van der Waals surface area contributed by atoms with E-state index in [2.05, 4.69) is 46.3 Å². The lowest BCUT2D eigenvalue weighted by molar-refractivity contribution is 0.102. The highest BCUT2D eigenvalue weighted by molar-refractivity contribution is 6.06. The van der Waals surface area contributed by atoms with Gasteiger partial charge in [-0.3, -0.25) is 4.79 Å². The van der Waals surface area contributed by atoms with Crippen LogP contribution in [0.4, 0.5) is 17.1 Å². The number of hydrogen-bond acceptors (Lipinski definition) is 5. The topological polar surface area (TPSA) is 57.7 Å². The number of pyridine rings is 1. The van der Waals surface area contributed by atoms with Crippen molar-refractivity contribution in [3.8, 4) is 5.88 Å². The van der Waals surface area contributed by atoms with Crippen LogP contribution >= 0.6 is 0 Å². The van der Waals surface area contributed by atoms with Crippen LogP contribution in [0.2, 0.25) is 0 Å². The van der Waals surface area contributed by atoms with Gasteiger partial charge in [-0.2, -0.15) is 0 Å². The first-order valence-corrected chi connectivity index (χ1v) is 9.96. The van der Waals surface area contributed by atoms with Gasteiger partial charge in [-0.05, 0) is 51.3 Å². The Kier molecular flexibility index (Phi) is 7.40. The molecule has 156 valence electrons. The van der Waals surface area contributed by atoms with Gasteiger partial charge in [0.1, 0.15) is 0 Å². The number of rotatable bonds is 9. The van der Waals surface area contributed by atoms with Gasteiger partial charge in [0.25, 0.3) is 5.91 Å². The molecular weight excluding hydrogens is 376 g/mol. The van der Waals surface area contributed by atoms with Crippen molar-refractivity contribution in [1.82, 2.24) is 9.88 Å². The van der Waals surface area contributed by atoms with Crippen LogP contribution in [0.25, 0.3) is 0 Å². The number of carbonyl (C=O) groups is 1. The molecule has 1 aromatic heterocycles. The number of anilines is 3. The summed E-state index contributed by atoms with van der Waals surface area (Å²) in [6.07, 6.45) is 2.71. The quantitative estimate of drug-likeness (QED) is 0.572. The molecule has 0 radical (unpaired) electrons. The molecule has 0 aliphatic rings. The number of nitrogens with zero attached hydrogens (tertiary/aromatic N) is 3. The van der Waals surface area contributed by atoms with Crippen molar-refractivity contribution in [1.29, 1.82) is 0 Å². The Labute approximate surface area is 178 Å². The molecule has 0 fully saturated rings. The minimum Gasteiger partial charge on any atom is -0.481 e. The van der Waals surface area contributed by atoms with E-state index in [4.69, 9.17) is 4.74 Å². The second-order valence-corrected chi connectivity index (χ2v) is 7.21. The number of methoxy groups -OCH3 is 1. The van der Waals surface area contributed by atoms with E-state index in [1.54, 1.807) is 31.5 Å². The Morgan fingerprint density at radius 3 is 2.30 bits per heavy atom. The number of aromatic nitrogens is 1. The summed E-state index contributed by atoms with van der Waals surface area (Å²) in [6, 6.07) is 21.1. The Bertz CT molecular complexity index is 946. The molecule has 0 bridgehead atoms. The molecular formula is C24H28N4O2. The average molecular weight is 405 g/mol. The molecule has 0 saturated heterocycles. The summed E-state index contributed by atoms with van der Waals surface area (Å²) < 4.78 is 5.31. The van der Waals surface area contributed by atoms with Crippen LogP contribution in [0.5, 0.6) is 5.88 Å². The van der Waals surface area contributed by atoms with Crippen molar-refractivity contribution in [2.45, 2.75) is 6.42 Å². The van der Waals surface area contributed by atoms with Crippen LogP contribution in [0, 0.1) is 0 Å². The maximum absolute atomic E-state index is 12.8. The molecule has 0 spiro atoms. The zero-order chi connectivity index (χ0) is 21.3. The zero-order valence-electron chi connectivity index (χ0n) is 17.7. The highest BCUT2D eigenvalue weighted by Gasteiger charge is 2.17. The van der Waals surface area contributed by atoms with Crippen molar-refractivity contribution in [3.63, 3.8) is 0 Å². The Balaban J connectivity index is 1.96. The van der Waals surface area contributed by atoms with Crippen molar-refractivity contribution in [2.75, 3.05) is 44.5 Å². The molecule has 1 heterocycles. The monoisotopic (exact) mass is 404 g/mol. The van der Waals surface area contributed by atoms with E-state index in [-0.39, 0.29) is 5.91 Å². The SMILES string of the molecule is COc1cc(NC(=O)c2ccccc2)c(N(CCCN(C)C)c2ccccc2)cn1. The standard InChI is InChI=1S/C24H28N4O2/c1-27(2)15-10-16-28(20-13-8-5-9-14-20)22-18-25-23(30-3)17-21(22)26-24(29)19-11-6-4-7-12-19/h4-9,11-14,17-18H,10,15-16H2,1-3H3,(H,25,26,29). The van der Waals surface area contributed by atoms with E-state index in [1.807, 2.05) is 36.4 Å². The van der Waals surface area contributed by atoms with Crippen LogP contribution in [-0.2, 0) is 0 Å². The summed E-state index contributed by atoms with van der Waals surface area (Å²) in [5, 5.41) is 3.04. The van der Waals surface area contributed by atoms with E-state index < -0.39 is 0 Å². The summed E-state index contributed by atoms with van der Waals surface area (Å²) >= 11 is 0. The van der Waals surface area contributed by atoms with Crippen LogP contribution in [0.3, 0.4) is 0 Å². The first-order chi connectivity index (χ1) is 14.6. The molecule has 0 saturated carbocycles. The minimum absolute atomic E-state index is 0.175. The second-order valence-electron chi connectivity index (χ2n) is 7.21. The Hall–Kier alpha value is -3.38. The largest absolute Gasteiger partial charge is 0.481 e. The molecule has 6 heteroatoms. The van der Waals surface area contributed by atoms with Crippen LogP contribution in [0.1, 0.15) is 16.8 Å². The number of ether oxygens (including phenoxy) is 1. The highest BCUT2D eigenvalue weighted by Crippen LogP contribution is 2.34. The van der Waals surface area contributed by atoms with E-state index in [0.717, 1.165) is 30.9 Å². The fraction of sp³-hybridized carbons (Fsp3) is 0.250. The third-order valence-electron chi connectivity index (χ3n) is 4.70. The fourth-order valence-electron chi connectivity index (χ4n) is 3.18. The Morgan fingerprint density at radius 1 is 1.00 bits per heavy atom. The summed E-state index contributed by atoms with van der Waals surface area (Å²) in [5.74, 6) is 0.273. The number of amides is 1. The van der Waals surface area contributed by atoms with E-state index in [1.165, 1.54) is 0 Å². The number of hydrogen-bond donors (Lipinski definition) is 1. The normalized spacial score (nSPS) is 10.7. The molecule has 2 aromatic carbocycles. The summed E-state index contributed by atoms with van der Waals surface area (Å²) in [7, 11) is 5.69. The van der Waals surface area contributed by atoms with E-state index >= 15 is 0 Å². The number of nitrogens with one attached hydrogen (secondary N) is 1. The molecule has 0 aliphatic carbocycles. The molecule has 30 heavy (non-hydrogen) atoms. The second kappa shape index (κ2) is 10.4. The fourth-order valence-corrected chi connectivity index (χ4v) is 3.18. The maximum Gasteiger partial charge on any atom is 0.255 e. The third kappa shape index (κ3) is 5.58. The van der Waals surface area contributed by atoms with Crippen molar-refractivity contribution >= 4 is 23.0 Å². The van der Waals surface area contributed by atoms with Crippen LogP contribution < -0.4 is 15.0 Å². The van der Waals surface area contributed by atoms with Crippen LogP contribution in [-0.4, -0.2) is 50.1 Å². The van der Waals surface area contributed by atoms with Gasteiger partial charge in [-0.1, -0.05) is 36.4 Å². The molecule has 0 atom stereocenters. The maximum atomic E-state index is 12.8. The number of benzene rings is 2. The predicted octanol–water partition coefficient (Wildman–Crippen LogP) is 4.43. The van der Waals surface area contributed by atoms with E-state index in [0.29, 0.717) is 17.1 Å². The van der Waals surface area contributed by atoms with Gasteiger partial charge >= 0.3 is 0 Å². The number of para-hydroxylation sites is 1. The molecule has 3 aromatic rings. The van der Waals surface area contributed by atoms with Gasteiger partial charge in [0.15, 0.2) is 0 Å². The first kappa shape index (κ1) is 21.3. The molecule has 0 aliphatic heterocycles. The van der Waals surface area contributed by atoms with Gasteiger partial charge in [0.05, 0.1) is 24.7 Å². The van der Waals surface area contributed by atoms with E-state index in [9.17, 15) is 4.79 Å². The van der Waals surface area contributed by atoms with Gasteiger partial charge in [0.2, 0.25) is 5.88 Å². The highest BCUT2D eigenvalue weighted by atomic mass is 16.5. The van der Waals surface area contributed by atoms with Crippen molar-refractivity contribution in [3.05, 3.63) is 78.5 Å². The third-order valence-corrected chi connectivity index (χ3v) is 4.70. The lowest BCUT2D eigenvalue weighted by Gasteiger charge is -2.28. The lowest BCUT2D eigenvalue weighted by atomic mass is 10.2. The summed E-state index contributed by atoms with van der Waals surface area (Å²) in [5.41, 5.74) is 3.12. The van der Waals surface area contributed by atoms with Crippen molar-refractivity contribution < 1.29 is 9.53 Å². The minimum atomic E-state index is -0.175. The molecule has 3 rings (SSSR count). The van der Waals surface area contributed by atoms with Crippen molar-refractivity contribution in [2.24, 2.45) is 0 Å². The Morgan fingerprint density at radius 2 is 1.67 bits per heavy atom.